The maximum absolute atomic E-state index is 13.3. The van der Waals surface area contributed by atoms with Crippen LogP contribution in [0.15, 0.2) is 28.0 Å². The fraction of sp³-hybridized carbons (Fsp3) is 0.739. The van der Waals surface area contributed by atoms with Crippen molar-refractivity contribution in [2.75, 3.05) is 44.6 Å². The van der Waals surface area contributed by atoms with E-state index in [0.29, 0.717) is 38.4 Å². The first kappa shape index (κ1) is 25.8. The van der Waals surface area contributed by atoms with Crippen molar-refractivity contribution >= 4 is 25.7 Å². The predicted octanol–water partition coefficient (Wildman–Crippen LogP) is 2.77. The maximum atomic E-state index is 13.3. The van der Waals surface area contributed by atoms with Crippen LogP contribution in [0.2, 0.25) is 0 Å². The average Bonchev–Trinajstić information content (AvgIpc) is 2.78. The van der Waals surface area contributed by atoms with Crippen LogP contribution in [0, 0.1) is 11.8 Å². The van der Waals surface area contributed by atoms with Gasteiger partial charge in [0.15, 0.2) is 0 Å². The third kappa shape index (κ3) is 6.29. The molecule has 2 saturated heterocycles. The van der Waals surface area contributed by atoms with Gasteiger partial charge >= 0.3 is 0 Å². The maximum Gasteiger partial charge on any atom is 0.243 e. The van der Waals surface area contributed by atoms with E-state index in [2.05, 4.69) is 10.2 Å². The Morgan fingerprint density at radius 1 is 0.971 bits per heavy atom. The molecule has 2 heterocycles. The normalized spacial score (nSPS) is 25.7. The molecule has 0 radical (unpaired) electrons. The highest BCUT2D eigenvalue weighted by molar-refractivity contribution is 7.90. The van der Waals surface area contributed by atoms with Crippen molar-refractivity contribution in [3.05, 3.63) is 18.2 Å². The SMILES string of the molecule is NS(=O)(=O)c1cc(S(=O)(=O)N2CCC(CN3CCCCC3)CC2)ccc1NCCC1CC(F)C1. The lowest BCUT2D eigenvalue weighted by molar-refractivity contribution is 0.127. The van der Waals surface area contributed by atoms with Crippen molar-refractivity contribution in [3.8, 4) is 0 Å². The lowest BCUT2D eigenvalue weighted by Crippen LogP contribution is -2.42. The Kier molecular flexibility index (Phi) is 8.18. The summed E-state index contributed by atoms with van der Waals surface area (Å²) in [6.07, 6.45) is 6.44. The second kappa shape index (κ2) is 10.8. The van der Waals surface area contributed by atoms with Crippen molar-refractivity contribution < 1.29 is 21.2 Å². The van der Waals surface area contributed by atoms with Crippen LogP contribution < -0.4 is 10.5 Å². The number of nitrogens with one attached hydrogen (secondary N) is 1. The van der Waals surface area contributed by atoms with Gasteiger partial charge in [0.1, 0.15) is 11.1 Å². The number of benzene rings is 1. The van der Waals surface area contributed by atoms with Gasteiger partial charge in [0, 0.05) is 26.2 Å². The fourth-order valence-corrected chi connectivity index (χ4v) is 7.64. The summed E-state index contributed by atoms with van der Waals surface area (Å²) in [7, 11) is -7.96. The second-order valence-corrected chi connectivity index (χ2v) is 13.5. The minimum atomic E-state index is -4.13. The Bertz CT molecular complexity index is 1050. The number of likely N-dealkylation sites (tertiary alicyclic amines) is 1. The largest absolute Gasteiger partial charge is 0.384 e. The Labute approximate surface area is 203 Å². The van der Waals surface area contributed by atoms with E-state index >= 15 is 0 Å². The zero-order chi connectivity index (χ0) is 24.3. The van der Waals surface area contributed by atoms with Gasteiger partial charge in [-0.3, -0.25) is 0 Å². The molecule has 34 heavy (non-hydrogen) atoms. The molecule has 1 aromatic rings. The van der Waals surface area contributed by atoms with Gasteiger partial charge in [-0.15, -0.1) is 0 Å². The van der Waals surface area contributed by atoms with Crippen LogP contribution in [-0.2, 0) is 20.0 Å². The van der Waals surface area contributed by atoms with E-state index in [1.807, 2.05) is 0 Å². The molecule has 0 atom stereocenters. The molecule has 192 valence electrons. The molecule has 8 nitrogen and oxygen atoms in total. The Balaban J connectivity index is 1.39. The van der Waals surface area contributed by atoms with Crippen LogP contribution >= 0.6 is 0 Å². The zero-order valence-electron chi connectivity index (χ0n) is 19.7. The quantitative estimate of drug-likeness (QED) is 0.522. The van der Waals surface area contributed by atoms with Crippen molar-refractivity contribution in [1.82, 2.24) is 9.21 Å². The highest BCUT2D eigenvalue weighted by Gasteiger charge is 2.32. The molecule has 11 heteroatoms. The van der Waals surface area contributed by atoms with Gasteiger partial charge in [0.2, 0.25) is 20.0 Å². The highest BCUT2D eigenvalue weighted by Crippen LogP contribution is 2.33. The van der Waals surface area contributed by atoms with E-state index in [0.717, 1.165) is 45.0 Å². The molecule has 3 fully saturated rings. The monoisotopic (exact) mass is 516 g/mol. The summed E-state index contributed by atoms with van der Waals surface area (Å²) in [5.41, 5.74) is 0.276. The first-order valence-electron chi connectivity index (χ1n) is 12.4. The molecule has 3 N–H and O–H groups in total. The van der Waals surface area contributed by atoms with Gasteiger partial charge in [0.25, 0.3) is 0 Å². The number of primary sulfonamides is 1. The lowest BCUT2D eigenvalue weighted by atomic mass is 9.81. The molecule has 0 spiro atoms. The highest BCUT2D eigenvalue weighted by atomic mass is 32.2. The first-order valence-corrected chi connectivity index (χ1v) is 15.4. The third-order valence-electron chi connectivity index (χ3n) is 7.48. The Morgan fingerprint density at radius 2 is 1.65 bits per heavy atom. The number of hydrogen-bond acceptors (Lipinski definition) is 6. The molecule has 0 amide bonds. The van der Waals surface area contributed by atoms with Crippen molar-refractivity contribution in [2.24, 2.45) is 17.0 Å². The van der Waals surface area contributed by atoms with E-state index in [9.17, 15) is 21.2 Å². The van der Waals surface area contributed by atoms with Gasteiger partial charge in [-0.2, -0.15) is 4.31 Å². The summed E-state index contributed by atoms with van der Waals surface area (Å²) in [6, 6.07) is 4.06. The van der Waals surface area contributed by atoms with Gasteiger partial charge < -0.3 is 10.2 Å². The number of halogens is 1. The number of nitrogens with two attached hydrogens (primary N) is 1. The fourth-order valence-electron chi connectivity index (χ4n) is 5.33. The van der Waals surface area contributed by atoms with E-state index in [1.165, 1.54) is 35.7 Å². The molecular weight excluding hydrogens is 479 g/mol. The minimum Gasteiger partial charge on any atom is -0.384 e. The number of sulfonamides is 2. The van der Waals surface area contributed by atoms with E-state index in [4.69, 9.17) is 5.14 Å². The van der Waals surface area contributed by atoms with Gasteiger partial charge in [0.05, 0.1) is 10.6 Å². The van der Waals surface area contributed by atoms with Crippen LogP contribution in [0.4, 0.5) is 10.1 Å². The molecule has 1 aromatic carbocycles. The molecule has 0 bridgehead atoms. The van der Waals surface area contributed by atoms with Crippen LogP contribution in [0.5, 0.6) is 0 Å². The van der Waals surface area contributed by atoms with Crippen molar-refractivity contribution in [3.63, 3.8) is 0 Å². The summed E-state index contributed by atoms with van der Waals surface area (Å²) in [4.78, 5) is 2.20. The van der Waals surface area contributed by atoms with Crippen LogP contribution in [0.3, 0.4) is 0 Å². The van der Waals surface area contributed by atoms with Crippen molar-refractivity contribution in [1.29, 1.82) is 0 Å². The zero-order valence-corrected chi connectivity index (χ0v) is 21.3. The summed E-state index contributed by atoms with van der Waals surface area (Å²) >= 11 is 0. The molecule has 0 aromatic heterocycles. The molecule has 1 aliphatic carbocycles. The number of alkyl halides is 1. The topological polar surface area (TPSA) is 113 Å². The van der Waals surface area contributed by atoms with Crippen LogP contribution in [0.25, 0.3) is 0 Å². The summed E-state index contributed by atoms with van der Waals surface area (Å²) in [5, 5.41) is 8.45. The lowest BCUT2D eigenvalue weighted by Gasteiger charge is -2.35. The van der Waals surface area contributed by atoms with E-state index in [1.54, 1.807) is 0 Å². The number of nitrogens with zero attached hydrogens (tertiary/aromatic N) is 2. The molecule has 3 aliphatic rings. The van der Waals surface area contributed by atoms with Crippen LogP contribution in [0.1, 0.15) is 51.4 Å². The predicted molar refractivity (Wildman–Crippen MR) is 130 cm³/mol. The average molecular weight is 517 g/mol. The molecule has 1 saturated carbocycles. The summed E-state index contributed by atoms with van der Waals surface area (Å²) < 4.78 is 65.5. The number of anilines is 1. The van der Waals surface area contributed by atoms with E-state index in [-0.39, 0.29) is 21.4 Å². The molecule has 0 unspecified atom stereocenters. The molecule has 4 rings (SSSR count). The number of piperidine rings is 2. The summed E-state index contributed by atoms with van der Waals surface area (Å²) in [5.74, 6) is 0.775. The Hall–Kier alpha value is -1.27. The van der Waals surface area contributed by atoms with Gasteiger partial charge in [-0.1, -0.05) is 6.42 Å². The Morgan fingerprint density at radius 3 is 2.26 bits per heavy atom. The molecule has 2 aliphatic heterocycles. The third-order valence-corrected chi connectivity index (χ3v) is 10.3. The number of hydrogen-bond donors (Lipinski definition) is 2. The first-order chi connectivity index (χ1) is 16.1. The second-order valence-electron chi connectivity index (χ2n) is 10.1. The minimum absolute atomic E-state index is 0.0594. The smallest absolute Gasteiger partial charge is 0.243 e. The van der Waals surface area contributed by atoms with Crippen LogP contribution in [-0.4, -0.2) is 71.5 Å². The number of rotatable bonds is 9. The van der Waals surface area contributed by atoms with Gasteiger partial charge in [-0.25, -0.2) is 26.4 Å². The van der Waals surface area contributed by atoms with Gasteiger partial charge in [-0.05, 0) is 88.1 Å². The van der Waals surface area contributed by atoms with E-state index < -0.39 is 26.2 Å². The molecular formula is C23H37FN4O4S2. The standard InChI is InChI=1S/C23H37FN4O4S2/c24-20-14-19(15-20)6-9-26-22-5-4-21(16-23(22)33(25,29)30)34(31,32)28-12-7-18(8-13-28)17-27-10-2-1-3-11-27/h4-5,16,18-20,26H,1-3,6-15,17H2,(H2,25,29,30). The van der Waals surface area contributed by atoms with Crippen molar-refractivity contribution in [2.45, 2.75) is 67.3 Å². The summed E-state index contributed by atoms with van der Waals surface area (Å²) in [6.45, 7) is 4.62.